The van der Waals surface area contributed by atoms with E-state index in [2.05, 4.69) is 36.0 Å². The fraction of sp³-hybridized carbons (Fsp3) is 0.933. The number of carbonyl (C=O) groups is 1. The SMILES string of the molecule is CN1CCN(C(C)(C)CNC(=O)N(C)C2CCS(=O)(=O)C2)CC1. The van der Waals surface area contributed by atoms with Gasteiger partial charge in [0.1, 0.15) is 0 Å². The number of hydrogen-bond donors (Lipinski definition) is 1. The van der Waals surface area contributed by atoms with Crippen molar-refractivity contribution in [2.75, 3.05) is 58.3 Å². The summed E-state index contributed by atoms with van der Waals surface area (Å²) >= 11 is 0. The van der Waals surface area contributed by atoms with Crippen molar-refractivity contribution < 1.29 is 13.2 Å². The fourth-order valence-corrected chi connectivity index (χ4v) is 4.96. The largest absolute Gasteiger partial charge is 0.336 e. The second-order valence-corrected chi connectivity index (χ2v) is 9.66. The standard InChI is InChI=1S/C15H30N4O3S/c1-15(2,19-8-6-17(3)7-9-19)12-16-14(20)18(4)13-5-10-23(21,22)11-13/h13H,5-12H2,1-4H3,(H,16,20). The van der Waals surface area contributed by atoms with Crippen molar-refractivity contribution in [2.45, 2.75) is 31.8 Å². The van der Waals surface area contributed by atoms with Gasteiger partial charge in [0.05, 0.1) is 11.5 Å². The van der Waals surface area contributed by atoms with Gasteiger partial charge >= 0.3 is 6.03 Å². The first kappa shape index (κ1) is 18.5. The van der Waals surface area contributed by atoms with Gasteiger partial charge in [0.15, 0.2) is 9.84 Å². The average Bonchev–Trinajstić information content (AvgIpc) is 2.84. The summed E-state index contributed by atoms with van der Waals surface area (Å²) in [7, 11) is 0.832. The van der Waals surface area contributed by atoms with Gasteiger partial charge in [-0.05, 0) is 27.3 Å². The number of carbonyl (C=O) groups excluding carboxylic acids is 1. The maximum absolute atomic E-state index is 12.3. The van der Waals surface area contributed by atoms with E-state index >= 15 is 0 Å². The topological polar surface area (TPSA) is 73.0 Å². The second-order valence-electron chi connectivity index (χ2n) is 7.43. The van der Waals surface area contributed by atoms with E-state index in [4.69, 9.17) is 0 Å². The number of sulfone groups is 1. The number of rotatable bonds is 4. The predicted molar refractivity (Wildman–Crippen MR) is 91.4 cm³/mol. The molecule has 0 aromatic heterocycles. The van der Waals surface area contributed by atoms with Crippen molar-refractivity contribution in [1.82, 2.24) is 20.0 Å². The highest BCUT2D eigenvalue weighted by Gasteiger charge is 2.34. The van der Waals surface area contributed by atoms with E-state index in [-0.39, 0.29) is 29.1 Å². The van der Waals surface area contributed by atoms with Gasteiger partial charge in [0.25, 0.3) is 0 Å². The number of amides is 2. The summed E-state index contributed by atoms with van der Waals surface area (Å²) < 4.78 is 23.1. The summed E-state index contributed by atoms with van der Waals surface area (Å²) in [4.78, 5) is 18.6. The summed E-state index contributed by atoms with van der Waals surface area (Å²) in [5.41, 5.74) is -0.112. The minimum Gasteiger partial charge on any atom is -0.336 e. The minimum atomic E-state index is -2.97. The van der Waals surface area contributed by atoms with Crippen LogP contribution in [0.3, 0.4) is 0 Å². The molecule has 2 aliphatic heterocycles. The number of nitrogens with zero attached hydrogens (tertiary/aromatic N) is 3. The number of urea groups is 1. The average molecular weight is 346 g/mol. The van der Waals surface area contributed by atoms with Gasteiger partial charge in [-0.15, -0.1) is 0 Å². The number of piperazine rings is 1. The summed E-state index contributed by atoms with van der Waals surface area (Å²) in [5.74, 6) is 0.265. The first-order valence-electron chi connectivity index (χ1n) is 8.25. The molecule has 0 aliphatic carbocycles. The van der Waals surface area contributed by atoms with Gasteiger partial charge in [0, 0.05) is 51.4 Å². The van der Waals surface area contributed by atoms with Crippen molar-refractivity contribution in [2.24, 2.45) is 0 Å². The smallest absolute Gasteiger partial charge is 0.317 e. The Balaban J connectivity index is 1.83. The number of nitrogens with one attached hydrogen (secondary N) is 1. The first-order valence-corrected chi connectivity index (χ1v) is 10.1. The molecule has 0 aromatic rings. The second kappa shape index (κ2) is 6.94. The lowest BCUT2D eigenvalue weighted by molar-refractivity contribution is 0.0622. The van der Waals surface area contributed by atoms with Crippen molar-refractivity contribution in [1.29, 1.82) is 0 Å². The first-order chi connectivity index (χ1) is 10.6. The summed E-state index contributed by atoms with van der Waals surface area (Å²) in [6, 6.07) is -0.388. The van der Waals surface area contributed by atoms with Crippen LogP contribution < -0.4 is 5.32 Å². The molecule has 0 bridgehead atoms. The number of likely N-dealkylation sites (N-methyl/N-ethyl adjacent to an activating group) is 1. The maximum Gasteiger partial charge on any atom is 0.317 e. The van der Waals surface area contributed by atoms with E-state index in [1.54, 1.807) is 11.9 Å². The molecule has 2 aliphatic rings. The van der Waals surface area contributed by atoms with E-state index in [0.29, 0.717) is 13.0 Å². The normalized spacial score (nSPS) is 26.2. The molecule has 1 N–H and O–H groups in total. The summed E-state index contributed by atoms with van der Waals surface area (Å²) in [6.07, 6.45) is 0.536. The van der Waals surface area contributed by atoms with Crippen LogP contribution in [0.25, 0.3) is 0 Å². The zero-order valence-electron chi connectivity index (χ0n) is 14.7. The van der Waals surface area contributed by atoms with E-state index in [9.17, 15) is 13.2 Å². The monoisotopic (exact) mass is 346 g/mol. The van der Waals surface area contributed by atoms with Crippen LogP contribution in [0, 0.1) is 0 Å². The molecule has 134 valence electrons. The van der Waals surface area contributed by atoms with Crippen LogP contribution in [0.15, 0.2) is 0 Å². The molecular weight excluding hydrogens is 316 g/mol. The van der Waals surface area contributed by atoms with Gasteiger partial charge in [-0.1, -0.05) is 0 Å². The lowest BCUT2D eigenvalue weighted by atomic mass is 10.0. The molecule has 0 saturated carbocycles. The molecule has 2 saturated heterocycles. The van der Waals surface area contributed by atoms with Crippen molar-refractivity contribution in [3.05, 3.63) is 0 Å². The van der Waals surface area contributed by atoms with Crippen LogP contribution in [-0.2, 0) is 9.84 Å². The lowest BCUT2D eigenvalue weighted by Crippen LogP contribution is -2.59. The van der Waals surface area contributed by atoms with Gasteiger partial charge in [-0.2, -0.15) is 0 Å². The van der Waals surface area contributed by atoms with E-state index in [1.165, 1.54) is 0 Å². The highest BCUT2D eigenvalue weighted by molar-refractivity contribution is 7.91. The molecule has 0 spiro atoms. The Hall–Kier alpha value is -0.860. The van der Waals surface area contributed by atoms with Crippen LogP contribution in [0.4, 0.5) is 4.79 Å². The van der Waals surface area contributed by atoms with E-state index < -0.39 is 9.84 Å². The third-order valence-electron chi connectivity index (χ3n) is 5.11. The Morgan fingerprint density at radius 1 is 1.26 bits per heavy atom. The minimum absolute atomic E-state index is 0.0821. The fourth-order valence-electron chi connectivity index (χ4n) is 3.19. The predicted octanol–water partition coefficient (Wildman–Crippen LogP) is -0.159. The van der Waals surface area contributed by atoms with Crippen LogP contribution in [0.1, 0.15) is 20.3 Å². The van der Waals surface area contributed by atoms with E-state index in [1.807, 2.05) is 0 Å². The Kier molecular flexibility index (Phi) is 5.58. The lowest BCUT2D eigenvalue weighted by Gasteiger charge is -2.43. The maximum atomic E-state index is 12.3. The highest BCUT2D eigenvalue weighted by Crippen LogP contribution is 2.18. The molecule has 2 rings (SSSR count). The Morgan fingerprint density at radius 2 is 1.87 bits per heavy atom. The van der Waals surface area contributed by atoms with E-state index in [0.717, 1.165) is 26.2 Å². The van der Waals surface area contributed by atoms with Crippen molar-refractivity contribution in [3.63, 3.8) is 0 Å². The Morgan fingerprint density at radius 3 is 2.39 bits per heavy atom. The molecule has 2 amide bonds. The molecule has 7 nitrogen and oxygen atoms in total. The van der Waals surface area contributed by atoms with Gasteiger partial charge < -0.3 is 15.1 Å². The van der Waals surface area contributed by atoms with Crippen molar-refractivity contribution in [3.8, 4) is 0 Å². The molecule has 2 fully saturated rings. The molecule has 1 unspecified atom stereocenters. The Bertz CT molecular complexity index is 527. The zero-order chi connectivity index (χ0) is 17.3. The molecule has 2 heterocycles. The molecule has 0 aromatic carbocycles. The molecule has 8 heteroatoms. The number of hydrogen-bond acceptors (Lipinski definition) is 5. The third-order valence-corrected chi connectivity index (χ3v) is 6.86. The highest BCUT2D eigenvalue weighted by atomic mass is 32.2. The van der Waals surface area contributed by atoms with Crippen LogP contribution in [-0.4, -0.2) is 99.1 Å². The van der Waals surface area contributed by atoms with Crippen molar-refractivity contribution >= 4 is 15.9 Å². The zero-order valence-corrected chi connectivity index (χ0v) is 15.5. The molecular formula is C15H30N4O3S. The summed E-state index contributed by atoms with van der Waals surface area (Å²) in [5, 5.41) is 2.97. The molecule has 23 heavy (non-hydrogen) atoms. The third kappa shape index (κ3) is 4.81. The van der Waals surface area contributed by atoms with Gasteiger partial charge in [-0.25, -0.2) is 13.2 Å². The molecule has 0 radical (unpaired) electrons. The summed E-state index contributed by atoms with van der Waals surface area (Å²) in [6.45, 7) is 8.90. The Labute approximate surface area is 139 Å². The molecule has 1 atom stereocenters. The van der Waals surface area contributed by atoms with Crippen LogP contribution in [0.5, 0.6) is 0 Å². The van der Waals surface area contributed by atoms with Gasteiger partial charge in [0.2, 0.25) is 0 Å². The van der Waals surface area contributed by atoms with Crippen LogP contribution >= 0.6 is 0 Å². The van der Waals surface area contributed by atoms with Crippen LogP contribution in [0.2, 0.25) is 0 Å². The van der Waals surface area contributed by atoms with Gasteiger partial charge in [-0.3, -0.25) is 4.90 Å². The quantitative estimate of drug-likeness (QED) is 0.766.